The van der Waals surface area contributed by atoms with Crippen molar-refractivity contribution in [1.82, 2.24) is 10.2 Å². The molecule has 1 aliphatic heterocycles. The minimum atomic E-state index is 0.698. The van der Waals surface area contributed by atoms with E-state index in [1.165, 1.54) is 58.2 Å². The van der Waals surface area contributed by atoms with Gasteiger partial charge < -0.3 is 5.32 Å². The van der Waals surface area contributed by atoms with Gasteiger partial charge in [0.1, 0.15) is 0 Å². The molecule has 0 aromatic carbocycles. The van der Waals surface area contributed by atoms with E-state index in [2.05, 4.69) is 44.8 Å². The smallest absolute Gasteiger partial charge is 0.0197 e. The molecule has 3 unspecified atom stereocenters. The fraction of sp³-hybridized carbons (Fsp3) is 1.00. The summed E-state index contributed by atoms with van der Waals surface area (Å²) in [5.41, 5.74) is 0. The minimum Gasteiger partial charge on any atom is -0.313 e. The molecule has 2 heteroatoms. The maximum absolute atomic E-state index is 3.77. The van der Waals surface area contributed by atoms with Gasteiger partial charge in [0.2, 0.25) is 0 Å². The SMILES string of the molecule is CCCCC(CC)CN1CC(CC(C)C)NCCC1C. The molecule has 1 saturated heterocycles. The molecule has 20 heavy (non-hydrogen) atoms. The van der Waals surface area contributed by atoms with E-state index in [1.54, 1.807) is 0 Å². The van der Waals surface area contributed by atoms with E-state index in [9.17, 15) is 0 Å². The average Bonchev–Trinajstić information content (AvgIpc) is 2.56. The van der Waals surface area contributed by atoms with Gasteiger partial charge in [0, 0.05) is 25.2 Å². The Bertz CT molecular complexity index is 240. The van der Waals surface area contributed by atoms with Gasteiger partial charge in [-0.2, -0.15) is 0 Å². The fourth-order valence-electron chi connectivity index (χ4n) is 3.44. The summed E-state index contributed by atoms with van der Waals surface area (Å²) in [6.07, 6.45) is 8.11. The first-order valence-corrected chi connectivity index (χ1v) is 9.04. The summed E-state index contributed by atoms with van der Waals surface area (Å²) in [4.78, 5) is 2.77. The highest BCUT2D eigenvalue weighted by molar-refractivity contribution is 4.82. The second-order valence-corrected chi connectivity index (χ2v) is 7.29. The third kappa shape index (κ3) is 6.58. The summed E-state index contributed by atoms with van der Waals surface area (Å²) in [7, 11) is 0. The van der Waals surface area contributed by atoms with Crippen LogP contribution in [0.15, 0.2) is 0 Å². The van der Waals surface area contributed by atoms with Crippen molar-refractivity contribution in [2.24, 2.45) is 11.8 Å². The molecule has 2 nitrogen and oxygen atoms in total. The van der Waals surface area contributed by atoms with Crippen molar-refractivity contribution in [1.29, 1.82) is 0 Å². The molecular weight excluding hydrogens is 244 g/mol. The highest BCUT2D eigenvalue weighted by Crippen LogP contribution is 2.19. The van der Waals surface area contributed by atoms with Crippen LogP contribution >= 0.6 is 0 Å². The molecule has 0 aliphatic carbocycles. The maximum Gasteiger partial charge on any atom is 0.0197 e. The van der Waals surface area contributed by atoms with Gasteiger partial charge in [-0.3, -0.25) is 4.90 Å². The first kappa shape index (κ1) is 18.0. The lowest BCUT2D eigenvalue weighted by Gasteiger charge is -2.32. The summed E-state index contributed by atoms with van der Waals surface area (Å²) in [5.74, 6) is 1.69. The highest BCUT2D eigenvalue weighted by atomic mass is 15.2. The number of unbranched alkanes of at least 4 members (excludes halogenated alkanes) is 1. The van der Waals surface area contributed by atoms with E-state index in [1.807, 2.05) is 0 Å². The Kier molecular flexibility index (Phi) is 8.79. The second kappa shape index (κ2) is 9.78. The van der Waals surface area contributed by atoms with Gasteiger partial charge in [-0.15, -0.1) is 0 Å². The van der Waals surface area contributed by atoms with Crippen LogP contribution in [0.3, 0.4) is 0 Å². The minimum absolute atomic E-state index is 0.698. The molecule has 1 N–H and O–H groups in total. The van der Waals surface area contributed by atoms with Gasteiger partial charge >= 0.3 is 0 Å². The molecule has 0 amide bonds. The summed E-state index contributed by atoms with van der Waals surface area (Å²) >= 11 is 0. The molecule has 120 valence electrons. The number of rotatable bonds is 8. The van der Waals surface area contributed by atoms with Crippen molar-refractivity contribution >= 4 is 0 Å². The second-order valence-electron chi connectivity index (χ2n) is 7.29. The van der Waals surface area contributed by atoms with Crippen molar-refractivity contribution in [2.45, 2.75) is 85.2 Å². The van der Waals surface area contributed by atoms with E-state index in [0.717, 1.165) is 17.9 Å². The van der Waals surface area contributed by atoms with Gasteiger partial charge in [-0.1, -0.05) is 47.0 Å². The molecule has 1 heterocycles. The molecule has 0 spiro atoms. The van der Waals surface area contributed by atoms with Crippen molar-refractivity contribution in [3.63, 3.8) is 0 Å². The third-order valence-corrected chi connectivity index (χ3v) is 4.87. The van der Waals surface area contributed by atoms with E-state index >= 15 is 0 Å². The van der Waals surface area contributed by atoms with Crippen LogP contribution in [-0.4, -0.2) is 36.6 Å². The lowest BCUT2D eigenvalue weighted by atomic mass is 9.97. The zero-order chi connectivity index (χ0) is 15.0. The fourth-order valence-corrected chi connectivity index (χ4v) is 3.44. The third-order valence-electron chi connectivity index (χ3n) is 4.87. The zero-order valence-electron chi connectivity index (χ0n) is 14.6. The first-order chi connectivity index (χ1) is 9.56. The van der Waals surface area contributed by atoms with E-state index < -0.39 is 0 Å². The molecule has 0 aromatic rings. The van der Waals surface area contributed by atoms with Crippen LogP contribution in [0.4, 0.5) is 0 Å². The van der Waals surface area contributed by atoms with Gasteiger partial charge in [0.25, 0.3) is 0 Å². The Balaban J connectivity index is 2.53. The van der Waals surface area contributed by atoms with Crippen LogP contribution in [-0.2, 0) is 0 Å². The summed E-state index contributed by atoms with van der Waals surface area (Å²) in [6.45, 7) is 15.5. The van der Waals surface area contributed by atoms with Crippen LogP contribution in [0.25, 0.3) is 0 Å². The van der Waals surface area contributed by atoms with Gasteiger partial charge in [-0.05, 0) is 44.6 Å². The van der Waals surface area contributed by atoms with E-state index in [4.69, 9.17) is 0 Å². The Labute approximate surface area is 127 Å². The maximum atomic E-state index is 3.77. The van der Waals surface area contributed by atoms with Crippen LogP contribution in [0, 0.1) is 11.8 Å². The molecule has 0 radical (unpaired) electrons. The molecule has 1 fully saturated rings. The zero-order valence-corrected chi connectivity index (χ0v) is 14.6. The van der Waals surface area contributed by atoms with Crippen LogP contribution in [0.2, 0.25) is 0 Å². The van der Waals surface area contributed by atoms with Crippen LogP contribution in [0.1, 0.15) is 73.1 Å². The molecule has 0 bridgehead atoms. The lowest BCUT2D eigenvalue weighted by Crippen LogP contribution is -2.42. The summed E-state index contributed by atoms with van der Waals surface area (Å²) in [6, 6.07) is 1.44. The topological polar surface area (TPSA) is 15.3 Å². The van der Waals surface area contributed by atoms with Gasteiger partial charge in [0.15, 0.2) is 0 Å². The Morgan fingerprint density at radius 2 is 2.00 bits per heavy atom. The van der Waals surface area contributed by atoms with Crippen molar-refractivity contribution in [3.05, 3.63) is 0 Å². The largest absolute Gasteiger partial charge is 0.313 e. The number of hydrogen-bond acceptors (Lipinski definition) is 2. The number of hydrogen-bond donors (Lipinski definition) is 1. The normalized spacial score (nSPS) is 26.7. The predicted molar refractivity (Wildman–Crippen MR) is 90.2 cm³/mol. The monoisotopic (exact) mass is 282 g/mol. The van der Waals surface area contributed by atoms with Crippen LogP contribution in [0.5, 0.6) is 0 Å². The standard InChI is InChI=1S/C18H38N2/c1-6-8-9-17(7-2)13-20-14-18(12-15(3)4)19-11-10-16(20)5/h15-19H,6-14H2,1-5H3. The molecule has 1 aliphatic rings. The van der Waals surface area contributed by atoms with Crippen molar-refractivity contribution in [2.75, 3.05) is 19.6 Å². The summed E-state index contributed by atoms with van der Waals surface area (Å²) < 4.78 is 0. The van der Waals surface area contributed by atoms with E-state index in [0.29, 0.717) is 6.04 Å². The molecule has 0 saturated carbocycles. The molecule has 1 rings (SSSR count). The average molecular weight is 283 g/mol. The van der Waals surface area contributed by atoms with Crippen molar-refractivity contribution in [3.8, 4) is 0 Å². The Morgan fingerprint density at radius 3 is 2.60 bits per heavy atom. The molecular formula is C18H38N2. The van der Waals surface area contributed by atoms with E-state index in [-0.39, 0.29) is 0 Å². The highest BCUT2D eigenvalue weighted by Gasteiger charge is 2.24. The lowest BCUT2D eigenvalue weighted by molar-refractivity contribution is 0.161. The predicted octanol–water partition coefficient (Wildman–Crippen LogP) is 4.30. The molecule has 0 aromatic heterocycles. The summed E-state index contributed by atoms with van der Waals surface area (Å²) in [5, 5.41) is 3.77. The van der Waals surface area contributed by atoms with Crippen LogP contribution < -0.4 is 5.32 Å². The van der Waals surface area contributed by atoms with Gasteiger partial charge in [0.05, 0.1) is 0 Å². The van der Waals surface area contributed by atoms with Crippen molar-refractivity contribution < 1.29 is 0 Å². The molecule has 3 atom stereocenters. The number of nitrogens with one attached hydrogen (secondary N) is 1. The number of nitrogens with zero attached hydrogens (tertiary/aromatic N) is 1. The van der Waals surface area contributed by atoms with Gasteiger partial charge in [-0.25, -0.2) is 0 Å². The first-order valence-electron chi connectivity index (χ1n) is 9.04. The quantitative estimate of drug-likeness (QED) is 0.714. The Morgan fingerprint density at radius 1 is 1.25 bits per heavy atom. The Hall–Kier alpha value is -0.0800.